The van der Waals surface area contributed by atoms with Crippen molar-refractivity contribution in [2.24, 2.45) is 0 Å². The summed E-state index contributed by atoms with van der Waals surface area (Å²) in [5.74, 6) is -0.707. The number of anilines is 1. The normalized spacial score (nSPS) is 9.28. The minimum atomic E-state index is -0.980. The molecule has 1 aromatic carbocycles. The van der Waals surface area contributed by atoms with Crippen LogP contribution >= 0.6 is 23.2 Å². The molecule has 2 N–H and O–H groups in total. The molecule has 0 unspecified atom stereocenters. The van der Waals surface area contributed by atoms with E-state index in [0.717, 1.165) is 12.2 Å². The molecule has 0 atom stereocenters. The fourth-order valence-electron chi connectivity index (χ4n) is 1.23. The molecule has 0 saturated carbocycles. The summed E-state index contributed by atoms with van der Waals surface area (Å²) >= 11 is 10.4. The minimum Gasteiger partial charge on any atom is -0.480 e. The molecule has 102 valence electrons. The molecular formula is C12H17Cl2NO3. The van der Waals surface area contributed by atoms with Crippen LogP contribution in [0.5, 0.6) is 0 Å². The monoisotopic (exact) mass is 293 g/mol. The topological polar surface area (TPSA) is 60.8 Å². The quantitative estimate of drug-likeness (QED) is 0.788. The number of nitrogens with zero attached hydrogens (tertiary/aromatic N) is 1. The Balaban J connectivity index is 0.000000494. The molecule has 0 bridgehead atoms. The second-order valence-electron chi connectivity index (χ2n) is 3.26. The van der Waals surface area contributed by atoms with Gasteiger partial charge in [-0.1, -0.05) is 18.2 Å². The molecule has 0 spiro atoms. The van der Waals surface area contributed by atoms with E-state index in [0.29, 0.717) is 12.4 Å². The molecule has 0 aliphatic rings. The van der Waals surface area contributed by atoms with Gasteiger partial charge in [-0.05, 0) is 12.1 Å². The number of hydrogen-bond acceptors (Lipinski definition) is 3. The van der Waals surface area contributed by atoms with Gasteiger partial charge in [-0.3, -0.25) is 4.79 Å². The zero-order chi connectivity index (χ0) is 13.8. The molecule has 0 fully saturated rings. The fraction of sp³-hybridized carbons (Fsp3) is 0.417. The van der Waals surface area contributed by atoms with E-state index in [1.54, 1.807) is 0 Å². The van der Waals surface area contributed by atoms with Crippen molar-refractivity contribution in [3.63, 3.8) is 0 Å². The number of rotatable bonds is 6. The van der Waals surface area contributed by atoms with Gasteiger partial charge in [0.05, 0.1) is 6.61 Å². The summed E-state index contributed by atoms with van der Waals surface area (Å²) < 4.78 is 0. The minimum absolute atomic E-state index is 0.159. The van der Waals surface area contributed by atoms with Crippen LogP contribution in [0.2, 0.25) is 0 Å². The van der Waals surface area contributed by atoms with Gasteiger partial charge in [0, 0.05) is 24.7 Å². The lowest BCUT2D eigenvalue weighted by molar-refractivity contribution is -0.134. The molecule has 4 nitrogen and oxygen atoms in total. The SMILES string of the molecule is O=C(O)CCl.OCCN(CCCl)c1ccccc1. The number of benzene rings is 1. The third-order valence-electron chi connectivity index (χ3n) is 1.96. The van der Waals surface area contributed by atoms with Crippen molar-refractivity contribution in [1.82, 2.24) is 0 Å². The van der Waals surface area contributed by atoms with Crippen molar-refractivity contribution in [2.45, 2.75) is 0 Å². The van der Waals surface area contributed by atoms with Crippen LogP contribution in [0.3, 0.4) is 0 Å². The highest BCUT2D eigenvalue weighted by atomic mass is 35.5. The van der Waals surface area contributed by atoms with Gasteiger partial charge in [-0.15, -0.1) is 23.2 Å². The molecule has 0 heterocycles. The van der Waals surface area contributed by atoms with Gasteiger partial charge in [0.15, 0.2) is 0 Å². The molecule has 0 aliphatic heterocycles. The van der Waals surface area contributed by atoms with Crippen molar-refractivity contribution in [3.8, 4) is 0 Å². The van der Waals surface area contributed by atoms with Crippen molar-refractivity contribution < 1.29 is 15.0 Å². The van der Waals surface area contributed by atoms with Crippen LogP contribution in [0.15, 0.2) is 30.3 Å². The lowest BCUT2D eigenvalue weighted by Gasteiger charge is -2.22. The van der Waals surface area contributed by atoms with Gasteiger partial charge in [-0.2, -0.15) is 0 Å². The molecule has 0 aromatic heterocycles. The van der Waals surface area contributed by atoms with Crippen LogP contribution < -0.4 is 4.90 Å². The molecule has 0 radical (unpaired) electrons. The number of carboxylic acids is 1. The zero-order valence-electron chi connectivity index (χ0n) is 9.93. The van der Waals surface area contributed by atoms with E-state index < -0.39 is 5.97 Å². The third-order valence-corrected chi connectivity index (χ3v) is 2.36. The molecule has 0 amide bonds. The number of alkyl halides is 2. The van der Waals surface area contributed by atoms with Gasteiger partial charge in [0.1, 0.15) is 5.88 Å². The van der Waals surface area contributed by atoms with Crippen molar-refractivity contribution in [2.75, 3.05) is 36.4 Å². The summed E-state index contributed by atoms with van der Waals surface area (Å²) in [6.07, 6.45) is 0. The van der Waals surface area contributed by atoms with Crippen LogP contribution in [-0.4, -0.2) is 47.6 Å². The maximum atomic E-state index is 9.24. The van der Waals surface area contributed by atoms with Gasteiger partial charge in [-0.25, -0.2) is 0 Å². The summed E-state index contributed by atoms with van der Waals surface area (Å²) in [4.78, 5) is 11.3. The first-order valence-electron chi connectivity index (χ1n) is 5.40. The zero-order valence-corrected chi connectivity index (χ0v) is 11.4. The highest BCUT2D eigenvalue weighted by molar-refractivity contribution is 6.26. The first-order chi connectivity index (χ1) is 8.65. The maximum Gasteiger partial charge on any atom is 0.318 e. The van der Waals surface area contributed by atoms with Gasteiger partial charge in [0.2, 0.25) is 0 Å². The van der Waals surface area contributed by atoms with Crippen LogP contribution in [0.4, 0.5) is 5.69 Å². The molecule has 6 heteroatoms. The smallest absolute Gasteiger partial charge is 0.318 e. The van der Waals surface area contributed by atoms with E-state index in [9.17, 15) is 4.79 Å². The average molecular weight is 294 g/mol. The summed E-state index contributed by atoms with van der Waals surface area (Å²) in [6.45, 7) is 1.56. The Hall–Kier alpha value is -0.970. The number of aliphatic hydroxyl groups is 1. The number of carboxylic acid groups (broad SMARTS) is 1. The first-order valence-corrected chi connectivity index (χ1v) is 6.47. The number of aliphatic hydroxyl groups excluding tert-OH is 1. The van der Waals surface area contributed by atoms with E-state index in [1.807, 2.05) is 30.3 Å². The summed E-state index contributed by atoms with van der Waals surface area (Å²) in [6, 6.07) is 9.97. The summed E-state index contributed by atoms with van der Waals surface area (Å²) in [5, 5.41) is 16.4. The maximum absolute atomic E-state index is 9.24. The number of hydrogen-bond donors (Lipinski definition) is 2. The molecule has 0 saturated heterocycles. The Morgan fingerprint density at radius 3 is 2.11 bits per heavy atom. The van der Waals surface area contributed by atoms with Gasteiger partial charge >= 0.3 is 5.97 Å². The molecular weight excluding hydrogens is 277 g/mol. The Morgan fingerprint density at radius 2 is 1.72 bits per heavy atom. The second-order valence-corrected chi connectivity index (χ2v) is 3.91. The average Bonchev–Trinajstić information content (AvgIpc) is 2.40. The van der Waals surface area contributed by atoms with E-state index in [-0.39, 0.29) is 12.5 Å². The highest BCUT2D eigenvalue weighted by Gasteiger charge is 2.02. The van der Waals surface area contributed by atoms with Crippen LogP contribution in [0, 0.1) is 0 Å². The summed E-state index contributed by atoms with van der Waals surface area (Å²) in [7, 11) is 0. The second kappa shape index (κ2) is 11.1. The van der Waals surface area contributed by atoms with E-state index in [2.05, 4.69) is 4.90 Å². The van der Waals surface area contributed by atoms with Crippen molar-refractivity contribution in [1.29, 1.82) is 0 Å². The van der Waals surface area contributed by atoms with E-state index in [1.165, 1.54) is 0 Å². The van der Waals surface area contributed by atoms with Crippen LogP contribution in [0.25, 0.3) is 0 Å². The van der Waals surface area contributed by atoms with E-state index >= 15 is 0 Å². The lowest BCUT2D eigenvalue weighted by atomic mass is 10.3. The van der Waals surface area contributed by atoms with Gasteiger partial charge in [0.25, 0.3) is 0 Å². The lowest BCUT2D eigenvalue weighted by Crippen LogP contribution is -2.28. The van der Waals surface area contributed by atoms with E-state index in [4.69, 9.17) is 33.4 Å². The number of aliphatic carboxylic acids is 1. The predicted octanol–water partition coefficient (Wildman–Crippen LogP) is 2.03. The van der Waals surface area contributed by atoms with Crippen molar-refractivity contribution in [3.05, 3.63) is 30.3 Å². The van der Waals surface area contributed by atoms with Crippen LogP contribution in [0.1, 0.15) is 0 Å². The molecule has 1 aromatic rings. The number of para-hydroxylation sites is 1. The summed E-state index contributed by atoms with van der Waals surface area (Å²) in [5.41, 5.74) is 1.11. The number of halogens is 2. The highest BCUT2D eigenvalue weighted by Crippen LogP contribution is 2.12. The fourth-order valence-corrected chi connectivity index (χ4v) is 1.44. The molecule has 1 rings (SSSR count). The number of carbonyl (C=O) groups is 1. The third kappa shape index (κ3) is 8.17. The standard InChI is InChI=1S/C10H14ClNO.C2H3ClO2/c11-6-7-12(8-9-13)10-4-2-1-3-5-10;3-1-2(4)5/h1-5,13H,6-9H2;1H2,(H,4,5). The van der Waals surface area contributed by atoms with Crippen LogP contribution in [-0.2, 0) is 4.79 Å². The predicted molar refractivity (Wildman–Crippen MR) is 74.8 cm³/mol. The molecule has 18 heavy (non-hydrogen) atoms. The Bertz CT molecular complexity index is 316. The Labute approximate surface area is 117 Å². The first kappa shape index (κ1) is 17.0. The van der Waals surface area contributed by atoms with Crippen molar-refractivity contribution >= 4 is 34.9 Å². The Kier molecular flexibility index (Phi) is 10.5. The van der Waals surface area contributed by atoms with Gasteiger partial charge < -0.3 is 15.1 Å². The largest absolute Gasteiger partial charge is 0.480 e. The Morgan fingerprint density at radius 1 is 1.17 bits per heavy atom. The molecule has 0 aliphatic carbocycles.